The van der Waals surface area contributed by atoms with Crippen LogP contribution in [0.4, 0.5) is 0 Å². The fourth-order valence-electron chi connectivity index (χ4n) is 2.58. The molecule has 8 nitrogen and oxygen atoms in total. The van der Waals surface area contributed by atoms with Gasteiger partial charge in [0.25, 0.3) is 5.91 Å². The highest BCUT2D eigenvalue weighted by Gasteiger charge is 2.17. The van der Waals surface area contributed by atoms with Gasteiger partial charge < -0.3 is 30.6 Å². The number of hydrogen-bond acceptors (Lipinski definition) is 5. The van der Waals surface area contributed by atoms with Crippen LogP contribution in [0.3, 0.4) is 0 Å². The first-order valence-corrected chi connectivity index (χ1v) is 9.31. The highest BCUT2D eigenvalue weighted by molar-refractivity contribution is 14.0. The topological polar surface area (TPSA) is 107 Å². The van der Waals surface area contributed by atoms with Crippen LogP contribution in [0.25, 0.3) is 0 Å². The van der Waals surface area contributed by atoms with E-state index in [0.29, 0.717) is 25.5 Å². The fraction of sp³-hybridized carbons (Fsp3) is 0.579. The van der Waals surface area contributed by atoms with Gasteiger partial charge in [0.05, 0.1) is 25.9 Å². The summed E-state index contributed by atoms with van der Waals surface area (Å²) in [7, 11) is 0. The first kappa shape index (κ1) is 24.4. The number of amides is 1. The van der Waals surface area contributed by atoms with Crippen molar-refractivity contribution in [1.29, 1.82) is 0 Å². The second kappa shape index (κ2) is 13.6. The molecule has 28 heavy (non-hydrogen) atoms. The predicted molar refractivity (Wildman–Crippen MR) is 119 cm³/mol. The minimum absolute atomic E-state index is 0. The van der Waals surface area contributed by atoms with Crippen LogP contribution in [0.5, 0.6) is 5.75 Å². The van der Waals surface area contributed by atoms with Gasteiger partial charge in [-0.05, 0) is 38.0 Å². The van der Waals surface area contributed by atoms with Crippen molar-refractivity contribution in [3.63, 3.8) is 0 Å². The maximum absolute atomic E-state index is 10.8. The Morgan fingerprint density at radius 3 is 2.96 bits per heavy atom. The summed E-state index contributed by atoms with van der Waals surface area (Å²) in [5, 5.41) is 6.58. The van der Waals surface area contributed by atoms with E-state index in [4.69, 9.17) is 19.9 Å². The number of benzene rings is 1. The number of rotatable bonds is 10. The number of nitrogens with zero attached hydrogens (tertiary/aromatic N) is 1. The highest BCUT2D eigenvalue weighted by Crippen LogP contribution is 2.14. The van der Waals surface area contributed by atoms with Crippen molar-refractivity contribution < 1.29 is 19.0 Å². The summed E-state index contributed by atoms with van der Waals surface area (Å²) in [6.45, 7) is 7.22. The van der Waals surface area contributed by atoms with E-state index < -0.39 is 5.91 Å². The molecule has 0 radical (unpaired) electrons. The number of nitrogens with two attached hydrogens (primary N) is 1. The summed E-state index contributed by atoms with van der Waals surface area (Å²) in [5.41, 5.74) is 6.07. The van der Waals surface area contributed by atoms with Gasteiger partial charge in [-0.15, -0.1) is 24.0 Å². The van der Waals surface area contributed by atoms with Crippen LogP contribution in [0.1, 0.15) is 25.8 Å². The van der Waals surface area contributed by atoms with Crippen LogP contribution in [0.15, 0.2) is 29.3 Å². The molecule has 1 aliphatic rings. The van der Waals surface area contributed by atoms with Crippen LogP contribution in [0, 0.1) is 0 Å². The van der Waals surface area contributed by atoms with Crippen LogP contribution in [0.2, 0.25) is 0 Å². The fourth-order valence-corrected chi connectivity index (χ4v) is 2.58. The average Bonchev–Trinajstić information content (AvgIpc) is 3.17. The lowest BCUT2D eigenvalue weighted by Crippen LogP contribution is -2.44. The van der Waals surface area contributed by atoms with Crippen molar-refractivity contribution in [1.82, 2.24) is 10.6 Å². The number of guanidine groups is 1. The zero-order chi connectivity index (χ0) is 19.5. The maximum atomic E-state index is 10.8. The van der Waals surface area contributed by atoms with Gasteiger partial charge in [0.1, 0.15) is 5.75 Å². The second-order valence-corrected chi connectivity index (χ2v) is 6.46. The third kappa shape index (κ3) is 9.56. The van der Waals surface area contributed by atoms with Crippen molar-refractivity contribution in [2.75, 3.05) is 33.0 Å². The lowest BCUT2D eigenvalue weighted by atomic mass is 10.2. The Morgan fingerprint density at radius 2 is 2.29 bits per heavy atom. The van der Waals surface area contributed by atoms with Gasteiger partial charge >= 0.3 is 0 Å². The summed E-state index contributed by atoms with van der Waals surface area (Å²) >= 11 is 0. The van der Waals surface area contributed by atoms with E-state index in [1.165, 1.54) is 0 Å². The molecular formula is C19H31IN4O4. The molecule has 1 amide bonds. The second-order valence-electron chi connectivity index (χ2n) is 6.46. The quantitative estimate of drug-likeness (QED) is 0.252. The van der Waals surface area contributed by atoms with Gasteiger partial charge in [-0.3, -0.25) is 4.79 Å². The number of carbonyl (C=O) groups excluding carboxylic acids is 1. The number of nitrogens with one attached hydrogen (secondary N) is 2. The van der Waals surface area contributed by atoms with E-state index in [0.717, 1.165) is 31.1 Å². The predicted octanol–water partition coefficient (Wildman–Crippen LogP) is 1.42. The molecule has 2 unspecified atom stereocenters. The zero-order valence-electron chi connectivity index (χ0n) is 16.5. The number of carbonyl (C=O) groups is 1. The number of aliphatic imine (C=N–C) groups is 1. The van der Waals surface area contributed by atoms with E-state index in [9.17, 15) is 4.79 Å². The Hall–Kier alpha value is -1.59. The summed E-state index contributed by atoms with van der Waals surface area (Å²) in [6, 6.07) is 7.57. The van der Waals surface area contributed by atoms with Crippen molar-refractivity contribution in [2.24, 2.45) is 10.7 Å². The van der Waals surface area contributed by atoms with Gasteiger partial charge in [-0.25, -0.2) is 4.99 Å². The van der Waals surface area contributed by atoms with Gasteiger partial charge in [0, 0.05) is 19.2 Å². The van der Waals surface area contributed by atoms with Gasteiger partial charge in [-0.2, -0.15) is 0 Å². The third-order valence-corrected chi connectivity index (χ3v) is 3.90. The molecule has 1 saturated heterocycles. The van der Waals surface area contributed by atoms with Gasteiger partial charge in [0.15, 0.2) is 12.6 Å². The normalized spacial score (nSPS) is 17.5. The first-order chi connectivity index (χ1) is 13.1. The molecule has 9 heteroatoms. The van der Waals surface area contributed by atoms with Crippen molar-refractivity contribution in [3.8, 4) is 5.75 Å². The molecule has 2 rings (SSSR count). The SMILES string of the molecule is CCNC(=NCc1cccc(OCC(N)=O)c1)NC(C)COC1CCOC1.I. The average molecular weight is 506 g/mol. The molecular weight excluding hydrogens is 475 g/mol. The number of halogens is 1. The van der Waals surface area contributed by atoms with E-state index >= 15 is 0 Å². The molecule has 158 valence electrons. The Kier molecular flexibility index (Phi) is 11.8. The van der Waals surface area contributed by atoms with E-state index in [-0.39, 0.29) is 42.7 Å². The first-order valence-electron chi connectivity index (χ1n) is 9.31. The van der Waals surface area contributed by atoms with Crippen LogP contribution in [-0.2, 0) is 20.8 Å². The Morgan fingerprint density at radius 1 is 1.46 bits per heavy atom. The molecule has 1 aliphatic heterocycles. The minimum Gasteiger partial charge on any atom is -0.484 e. The molecule has 1 aromatic carbocycles. The Balaban J connectivity index is 0.00000392. The van der Waals surface area contributed by atoms with Crippen LogP contribution >= 0.6 is 24.0 Å². The van der Waals surface area contributed by atoms with E-state index in [2.05, 4.69) is 22.5 Å². The summed E-state index contributed by atoms with van der Waals surface area (Å²) in [5.74, 6) is 0.817. The molecule has 0 saturated carbocycles. The molecule has 0 aromatic heterocycles. The molecule has 0 aliphatic carbocycles. The lowest BCUT2D eigenvalue weighted by Gasteiger charge is -2.19. The Bertz CT molecular complexity index is 624. The van der Waals surface area contributed by atoms with Crippen LogP contribution in [-0.4, -0.2) is 57.0 Å². The lowest BCUT2D eigenvalue weighted by molar-refractivity contribution is -0.119. The van der Waals surface area contributed by atoms with Gasteiger partial charge in [0.2, 0.25) is 0 Å². The smallest absolute Gasteiger partial charge is 0.255 e. The van der Waals surface area contributed by atoms with Gasteiger partial charge in [-0.1, -0.05) is 12.1 Å². The number of primary amides is 1. The monoisotopic (exact) mass is 506 g/mol. The van der Waals surface area contributed by atoms with E-state index in [1.54, 1.807) is 6.07 Å². The standard InChI is InChI=1S/C19H30N4O4.HI/c1-3-21-19(23-14(2)11-26-17-7-8-25-12-17)22-10-15-5-4-6-16(9-15)27-13-18(20)24;/h4-6,9,14,17H,3,7-8,10-13H2,1-2H3,(H2,20,24)(H2,21,22,23);1H. The zero-order valence-corrected chi connectivity index (χ0v) is 18.8. The maximum Gasteiger partial charge on any atom is 0.255 e. The molecule has 2 atom stereocenters. The third-order valence-electron chi connectivity index (χ3n) is 3.90. The molecule has 0 bridgehead atoms. The minimum atomic E-state index is -0.502. The number of hydrogen-bond donors (Lipinski definition) is 3. The van der Waals surface area contributed by atoms with Crippen molar-refractivity contribution in [2.45, 2.75) is 39.0 Å². The number of ether oxygens (including phenoxy) is 3. The highest BCUT2D eigenvalue weighted by atomic mass is 127. The van der Waals surface area contributed by atoms with Crippen LogP contribution < -0.4 is 21.1 Å². The van der Waals surface area contributed by atoms with Crippen molar-refractivity contribution in [3.05, 3.63) is 29.8 Å². The molecule has 1 heterocycles. The summed E-state index contributed by atoms with van der Waals surface area (Å²) < 4.78 is 16.5. The molecule has 1 aromatic rings. The van der Waals surface area contributed by atoms with Crippen molar-refractivity contribution >= 4 is 35.8 Å². The summed E-state index contributed by atoms with van der Waals surface area (Å²) in [6.07, 6.45) is 1.15. The molecule has 0 spiro atoms. The largest absolute Gasteiger partial charge is 0.484 e. The van der Waals surface area contributed by atoms with E-state index in [1.807, 2.05) is 25.1 Å². The molecule has 1 fully saturated rings. The molecule has 4 N–H and O–H groups in total. The Labute approximate surface area is 183 Å². The summed E-state index contributed by atoms with van der Waals surface area (Å²) in [4.78, 5) is 15.4.